The van der Waals surface area contributed by atoms with Crippen LogP contribution in [0.4, 0.5) is 8.78 Å². The molecule has 0 saturated carbocycles. The Hall–Kier alpha value is -2.36. The molecule has 0 aliphatic rings. The van der Waals surface area contributed by atoms with Gasteiger partial charge in [-0.15, -0.1) is 0 Å². The van der Waals surface area contributed by atoms with Gasteiger partial charge in [0.2, 0.25) is 0 Å². The Balaban J connectivity index is 0.00000456. The summed E-state index contributed by atoms with van der Waals surface area (Å²) in [7, 11) is 0. The Morgan fingerprint density at radius 2 is 1.67 bits per heavy atom. The number of carbonyl (C=O) groups excluding carboxylic acids is 1. The second-order valence-electron chi connectivity index (χ2n) is 9.00. The molecule has 0 spiro atoms. The van der Waals surface area contributed by atoms with Crippen molar-refractivity contribution in [1.29, 1.82) is 0 Å². The number of rotatable bonds is 9. The first kappa shape index (κ1) is 29.9. The summed E-state index contributed by atoms with van der Waals surface area (Å²) < 4.78 is 29.8. The van der Waals surface area contributed by atoms with E-state index in [1.165, 1.54) is 18.2 Å². The minimum absolute atomic E-state index is 0. The van der Waals surface area contributed by atoms with E-state index in [0.717, 1.165) is 0 Å². The zero-order chi connectivity index (χ0) is 25.9. The zero-order valence-electron chi connectivity index (χ0n) is 21.1. The van der Waals surface area contributed by atoms with Gasteiger partial charge in [0.05, 0.1) is 23.6 Å². The number of halogens is 2. The maximum Gasteiger partial charge on any atom is 1.00 e. The summed E-state index contributed by atoms with van der Waals surface area (Å²) in [5.74, 6) is -1.49. The molecule has 0 fully saturated rings. The van der Waals surface area contributed by atoms with Gasteiger partial charge in [-0.2, -0.15) is 0 Å². The number of aromatic nitrogens is 2. The number of hydrogen-bond donors (Lipinski definition) is 2. The average molecular weight is 507 g/mol. The summed E-state index contributed by atoms with van der Waals surface area (Å²) >= 11 is 0. The van der Waals surface area contributed by atoms with Gasteiger partial charge in [-0.25, -0.2) is 13.8 Å². The van der Waals surface area contributed by atoms with Gasteiger partial charge < -0.3 is 24.7 Å². The van der Waals surface area contributed by atoms with Crippen LogP contribution in [0, 0.1) is 25.5 Å². The number of aliphatic hydroxyl groups excluding tert-OH is 2. The number of nitrogens with zero attached hydrogens (tertiary/aromatic N) is 2. The third kappa shape index (κ3) is 7.11. The zero-order valence-corrected chi connectivity index (χ0v) is 23.1. The standard InChI is InChI=1S/C27H30F2N2O4.Na/c1-15(2)27-30-25(18-5-7-20(28)8-6-18)26(19-11-16(3)24(29)17(4)12-19)31(27)10-9-21(32)13-22(33)14-23(34)35;/h5-12,15,21-22,32-33H,13-14H2,1-4H3,(H,34,35);/q;+1/p-1/b10-9+;/t21-,22-;/m1./s1. The first-order chi connectivity index (χ1) is 16.5. The van der Waals surface area contributed by atoms with Crippen LogP contribution in [0.15, 0.2) is 42.5 Å². The third-order valence-corrected chi connectivity index (χ3v) is 5.66. The van der Waals surface area contributed by atoms with E-state index in [1.54, 1.807) is 48.9 Å². The van der Waals surface area contributed by atoms with Gasteiger partial charge in [-0.05, 0) is 67.4 Å². The predicted molar refractivity (Wildman–Crippen MR) is 128 cm³/mol. The molecular weight excluding hydrogens is 477 g/mol. The molecule has 2 atom stereocenters. The minimum Gasteiger partial charge on any atom is -0.550 e. The number of carbonyl (C=O) groups is 1. The smallest absolute Gasteiger partial charge is 0.550 e. The molecular formula is C27H29F2N2NaO4. The fraction of sp³-hybridized carbons (Fsp3) is 0.333. The quantitative estimate of drug-likeness (QED) is 0.422. The molecule has 0 radical (unpaired) electrons. The van der Waals surface area contributed by atoms with Crippen LogP contribution in [-0.2, 0) is 4.79 Å². The van der Waals surface area contributed by atoms with Crippen molar-refractivity contribution >= 4 is 12.2 Å². The molecule has 3 aromatic rings. The number of aryl methyl sites for hydroxylation is 2. The Labute approximate surface area is 231 Å². The second kappa shape index (κ2) is 12.7. The van der Waals surface area contributed by atoms with Crippen molar-refractivity contribution in [3.8, 4) is 22.5 Å². The van der Waals surface area contributed by atoms with E-state index in [2.05, 4.69) is 0 Å². The van der Waals surface area contributed by atoms with Gasteiger partial charge in [-0.3, -0.25) is 0 Å². The molecule has 1 aromatic heterocycles. The first-order valence-electron chi connectivity index (χ1n) is 11.4. The fourth-order valence-corrected chi connectivity index (χ4v) is 3.99. The van der Waals surface area contributed by atoms with Crippen molar-refractivity contribution in [2.45, 2.75) is 58.7 Å². The molecule has 186 valence electrons. The first-order valence-corrected chi connectivity index (χ1v) is 11.4. The van der Waals surface area contributed by atoms with Crippen molar-refractivity contribution in [3.63, 3.8) is 0 Å². The molecule has 9 heteroatoms. The summed E-state index contributed by atoms with van der Waals surface area (Å²) in [6.45, 7) is 7.25. The minimum atomic E-state index is -1.40. The van der Waals surface area contributed by atoms with Crippen LogP contribution in [0.1, 0.15) is 49.6 Å². The fourth-order valence-electron chi connectivity index (χ4n) is 3.99. The maximum atomic E-state index is 14.4. The van der Waals surface area contributed by atoms with Gasteiger partial charge >= 0.3 is 29.6 Å². The normalized spacial score (nSPS) is 13.1. The largest absolute Gasteiger partial charge is 1.00 e. The van der Waals surface area contributed by atoms with Crippen LogP contribution in [0.5, 0.6) is 0 Å². The van der Waals surface area contributed by atoms with Crippen molar-refractivity contribution in [2.75, 3.05) is 0 Å². The number of carboxylic acids is 1. The van der Waals surface area contributed by atoms with Crippen molar-refractivity contribution in [1.82, 2.24) is 9.55 Å². The average Bonchev–Trinajstić information content (AvgIpc) is 3.15. The summed E-state index contributed by atoms with van der Waals surface area (Å²) in [4.78, 5) is 15.5. The van der Waals surface area contributed by atoms with Crippen molar-refractivity contribution in [3.05, 3.63) is 71.1 Å². The molecule has 36 heavy (non-hydrogen) atoms. The van der Waals surface area contributed by atoms with E-state index in [1.807, 2.05) is 13.8 Å². The van der Waals surface area contributed by atoms with E-state index in [-0.39, 0.29) is 53.5 Å². The molecule has 1 heterocycles. The van der Waals surface area contributed by atoms with E-state index >= 15 is 0 Å². The molecule has 0 amide bonds. The molecule has 2 N–H and O–H groups in total. The Morgan fingerprint density at radius 3 is 2.19 bits per heavy atom. The molecule has 6 nitrogen and oxygen atoms in total. The van der Waals surface area contributed by atoms with Crippen LogP contribution >= 0.6 is 0 Å². The maximum absolute atomic E-state index is 14.4. The SMILES string of the molecule is Cc1cc(-c2c(-c3ccc(F)cc3)nc(C(C)C)n2/C=C/[C@@H](O)C[C@@H](O)CC(=O)[O-])cc(C)c1F.[Na+]. The van der Waals surface area contributed by atoms with Gasteiger partial charge in [-0.1, -0.05) is 13.8 Å². The Kier molecular flexibility index (Phi) is 10.6. The second-order valence-corrected chi connectivity index (χ2v) is 9.00. The molecule has 0 aliphatic heterocycles. The third-order valence-electron chi connectivity index (χ3n) is 5.66. The van der Waals surface area contributed by atoms with Crippen LogP contribution in [0.2, 0.25) is 0 Å². The Bertz CT molecular complexity index is 1220. The summed E-state index contributed by atoms with van der Waals surface area (Å²) in [6, 6.07) is 9.34. The summed E-state index contributed by atoms with van der Waals surface area (Å²) in [5, 5.41) is 30.9. The number of aliphatic carboxylic acids is 1. The number of hydrogen-bond acceptors (Lipinski definition) is 5. The number of benzene rings is 2. The summed E-state index contributed by atoms with van der Waals surface area (Å²) in [5.41, 5.74) is 3.47. The molecule has 0 unspecified atom stereocenters. The molecule has 2 aromatic carbocycles. The molecule has 3 rings (SSSR count). The van der Waals surface area contributed by atoms with Gasteiger partial charge in [0.25, 0.3) is 0 Å². The van der Waals surface area contributed by atoms with Crippen molar-refractivity contribution < 1.29 is 58.5 Å². The number of aliphatic hydroxyl groups is 2. The monoisotopic (exact) mass is 506 g/mol. The predicted octanol–water partition coefficient (Wildman–Crippen LogP) is 0.962. The van der Waals surface area contributed by atoms with Crippen LogP contribution in [0.25, 0.3) is 28.7 Å². The Morgan fingerprint density at radius 1 is 1.08 bits per heavy atom. The van der Waals surface area contributed by atoms with Gasteiger partial charge in [0.1, 0.15) is 17.5 Å². The molecule has 0 bridgehead atoms. The van der Waals surface area contributed by atoms with E-state index in [4.69, 9.17) is 4.98 Å². The number of carboxylic acid groups (broad SMARTS) is 1. The van der Waals surface area contributed by atoms with Crippen LogP contribution in [0.3, 0.4) is 0 Å². The van der Waals surface area contributed by atoms with E-state index in [0.29, 0.717) is 39.5 Å². The van der Waals surface area contributed by atoms with Crippen molar-refractivity contribution in [2.24, 2.45) is 0 Å². The van der Waals surface area contributed by atoms with Crippen LogP contribution in [-0.4, -0.2) is 37.9 Å². The summed E-state index contributed by atoms with van der Waals surface area (Å²) in [6.07, 6.45) is -0.122. The van der Waals surface area contributed by atoms with Gasteiger partial charge in [0.15, 0.2) is 0 Å². The van der Waals surface area contributed by atoms with E-state index in [9.17, 15) is 28.9 Å². The molecule has 0 saturated heterocycles. The van der Waals surface area contributed by atoms with Gasteiger partial charge in [0, 0.05) is 42.1 Å². The van der Waals surface area contributed by atoms with Crippen LogP contribution < -0.4 is 34.7 Å². The molecule has 0 aliphatic carbocycles. The van der Waals surface area contributed by atoms with E-state index < -0.39 is 24.6 Å². The number of imidazole rings is 1. The topological polar surface area (TPSA) is 98.4 Å².